The molecule has 1 N–H and O–H groups in total. The van der Waals surface area contributed by atoms with E-state index in [1.807, 2.05) is 43.3 Å². The maximum absolute atomic E-state index is 13.3. The van der Waals surface area contributed by atoms with E-state index in [0.717, 1.165) is 55.7 Å². The van der Waals surface area contributed by atoms with Crippen molar-refractivity contribution in [1.82, 2.24) is 5.32 Å². The normalized spacial score (nSPS) is 21.3. The van der Waals surface area contributed by atoms with Crippen LogP contribution in [-0.2, 0) is 19.5 Å². The lowest BCUT2D eigenvalue weighted by molar-refractivity contribution is -0.181. The summed E-state index contributed by atoms with van der Waals surface area (Å²) in [6.45, 7) is 4.16. The SMILES string of the molecule is Cc1ccc2c(c1)S(=O)(=O)N(C)c1ccccc1C2NCCCC1OCCCO1. The molecule has 0 saturated carbocycles. The van der Waals surface area contributed by atoms with Crippen molar-refractivity contribution in [3.63, 3.8) is 0 Å². The van der Waals surface area contributed by atoms with Gasteiger partial charge in [-0.3, -0.25) is 4.31 Å². The third kappa shape index (κ3) is 4.05. The summed E-state index contributed by atoms with van der Waals surface area (Å²) in [6.07, 6.45) is 2.52. The smallest absolute Gasteiger partial charge is 0.264 e. The Morgan fingerprint density at radius 3 is 2.66 bits per heavy atom. The fraction of sp³-hybridized carbons (Fsp3) is 0.455. The fourth-order valence-corrected chi connectivity index (χ4v) is 5.54. The number of fused-ring (bicyclic) bond motifs is 2. The number of rotatable bonds is 5. The van der Waals surface area contributed by atoms with Gasteiger partial charge in [0.05, 0.1) is 29.8 Å². The van der Waals surface area contributed by atoms with Gasteiger partial charge in [0.25, 0.3) is 10.0 Å². The molecule has 2 aliphatic heterocycles. The average Bonchev–Trinajstić information content (AvgIpc) is 2.80. The van der Waals surface area contributed by atoms with Crippen LogP contribution in [0.4, 0.5) is 5.69 Å². The molecule has 7 heteroatoms. The Morgan fingerprint density at radius 1 is 1.10 bits per heavy atom. The minimum atomic E-state index is -3.62. The molecule has 2 heterocycles. The van der Waals surface area contributed by atoms with E-state index in [9.17, 15) is 8.42 Å². The zero-order valence-electron chi connectivity index (χ0n) is 16.9. The van der Waals surface area contributed by atoms with Gasteiger partial charge in [0.15, 0.2) is 6.29 Å². The van der Waals surface area contributed by atoms with Gasteiger partial charge in [0, 0.05) is 7.05 Å². The number of hydrogen-bond donors (Lipinski definition) is 1. The van der Waals surface area contributed by atoms with Crippen LogP contribution in [0.5, 0.6) is 0 Å². The average molecular weight is 417 g/mol. The highest BCUT2D eigenvalue weighted by Crippen LogP contribution is 2.40. The molecule has 29 heavy (non-hydrogen) atoms. The first kappa shape index (κ1) is 20.3. The Balaban J connectivity index is 1.63. The van der Waals surface area contributed by atoms with E-state index in [4.69, 9.17) is 9.47 Å². The van der Waals surface area contributed by atoms with Crippen molar-refractivity contribution in [2.45, 2.75) is 43.4 Å². The van der Waals surface area contributed by atoms with E-state index < -0.39 is 10.0 Å². The second-order valence-corrected chi connectivity index (χ2v) is 9.56. The summed E-state index contributed by atoms with van der Waals surface area (Å²) in [7, 11) is -2.00. The van der Waals surface area contributed by atoms with Gasteiger partial charge in [0.2, 0.25) is 0 Å². The first-order valence-electron chi connectivity index (χ1n) is 10.1. The van der Waals surface area contributed by atoms with E-state index >= 15 is 0 Å². The van der Waals surface area contributed by atoms with Crippen molar-refractivity contribution in [3.05, 3.63) is 59.2 Å². The fourth-order valence-electron chi connectivity index (χ4n) is 4.00. The summed E-state index contributed by atoms with van der Waals surface area (Å²) < 4.78 is 39.2. The zero-order chi connectivity index (χ0) is 20.4. The molecule has 4 rings (SSSR count). The molecule has 2 aliphatic rings. The molecule has 0 radical (unpaired) electrons. The van der Waals surface area contributed by atoms with Crippen LogP contribution >= 0.6 is 0 Å². The number of ether oxygens (including phenoxy) is 2. The summed E-state index contributed by atoms with van der Waals surface area (Å²) in [5, 5.41) is 3.59. The van der Waals surface area contributed by atoms with Crippen molar-refractivity contribution >= 4 is 15.7 Å². The minimum absolute atomic E-state index is 0.131. The van der Waals surface area contributed by atoms with E-state index in [0.29, 0.717) is 10.6 Å². The van der Waals surface area contributed by atoms with E-state index in [-0.39, 0.29) is 12.3 Å². The van der Waals surface area contributed by atoms with Crippen molar-refractivity contribution < 1.29 is 17.9 Å². The molecule has 1 fully saturated rings. The molecule has 1 unspecified atom stereocenters. The number of hydrogen-bond acceptors (Lipinski definition) is 5. The van der Waals surface area contributed by atoms with Crippen LogP contribution in [0.3, 0.4) is 0 Å². The number of aryl methyl sites for hydroxylation is 1. The van der Waals surface area contributed by atoms with Gasteiger partial charge in [-0.05, 0) is 61.6 Å². The molecule has 0 bridgehead atoms. The first-order valence-corrected chi connectivity index (χ1v) is 11.6. The lowest BCUT2D eigenvalue weighted by atomic mass is 9.96. The standard InChI is InChI=1S/C22H28N2O4S/c1-16-10-11-18-20(15-16)29(25,26)24(2)19-8-4-3-7-17(19)22(18)23-12-5-9-21-27-13-6-14-28-21/h3-4,7-8,10-11,15,21-23H,5-6,9,12-14H2,1-2H3. The second kappa shape index (κ2) is 8.44. The van der Waals surface area contributed by atoms with E-state index in [2.05, 4.69) is 5.32 Å². The molecule has 156 valence electrons. The molecule has 2 aromatic carbocycles. The Bertz CT molecular complexity index is 971. The Labute approximate surface area is 172 Å². The van der Waals surface area contributed by atoms with Crippen LogP contribution < -0.4 is 9.62 Å². The third-order valence-electron chi connectivity index (χ3n) is 5.57. The molecule has 0 aliphatic carbocycles. The van der Waals surface area contributed by atoms with Gasteiger partial charge in [-0.15, -0.1) is 0 Å². The first-order chi connectivity index (χ1) is 14.0. The van der Waals surface area contributed by atoms with Gasteiger partial charge < -0.3 is 14.8 Å². The van der Waals surface area contributed by atoms with Gasteiger partial charge in [-0.2, -0.15) is 0 Å². The van der Waals surface area contributed by atoms with Gasteiger partial charge in [0.1, 0.15) is 0 Å². The number of para-hydroxylation sites is 1. The van der Waals surface area contributed by atoms with Crippen LogP contribution in [0.2, 0.25) is 0 Å². The highest BCUT2D eigenvalue weighted by Gasteiger charge is 2.34. The van der Waals surface area contributed by atoms with Crippen LogP contribution in [-0.4, -0.2) is 41.5 Å². The molecule has 2 aromatic rings. The van der Waals surface area contributed by atoms with Gasteiger partial charge in [-0.1, -0.05) is 30.3 Å². The zero-order valence-corrected chi connectivity index (χ0v) is 17.7. The summed E-state index contributed by atoms with van der Waals surface area (Å²) in [4.78, 5) is 0.368. The molecular weight excluding hydrogens is 388 g/mol. The second-order valence-electron chi connectivity index (χ2n) is 7.63. The molecule has 0 amide bonds. The van der Waals surface area contributed by atoms with Crippen LogP contribution in [0.1, 0.15) is 42.0 Å². The molecule has 0 spiro atoms. The third-order valence-corrected chi connectivity index (χ3v) is 7.39. The lowest BCUT2D eigenvalue weighted by Crippen LogP contribution is -2.28. The number of nitrogens with one attached hydrogen (secondary N) is 1. The number of benzene rings is 2. The monoisotopic (exact) mass is 416 g/mol. The topological polar surface area (TPSA) is 67.9 Å². The quantitative estimate of drug-likeness (QED) is 0.757. The lowest BCUT2D eigenvalue weighted by Gasteiger charge is -2.24. The van der Waals surface area contributed by atoms with Crippen LogP contribution in [0.15, 0.2) is 47.4 Å². The number of nitrogens with zero attached hydrogens (tertiary/aromatic N) is 1. The summed E-state index contributed by atoms with van der Waals surface area (Å²) in [5.41, 5.74) is 3.39. The Morgan fingerprint density at radius 2 is 1.86 bits per heavy atom. The number of anilines is 1. The molecule has 1 saturated heterocycles. The maximum atomic E-state index is 13.3. The van der Waals surface area contributed by atoms with E-state index in [1.165, 1.54) is 4.31 Å². The molecule has 0 aromatic heterocycles. The van der Waals surface area contributed by atoms with E-state index in [1.54, 1.807) is 13.1 Å². The Hall–Kier alpha value is -1.93. The summed E-state index contributed by atoms with van der Waals surface area (Å²) in [5.74, 6) is 0. The predicted octanol–water partition coefficient (Wildman–Crippen LogP) is 3.36. The highest BCUT2D eigenvalue weighted by atomic mass is 32.2. The summed E-state index contributed by atoms with van der Waals surface area (Å²) >= 11 is 0. The Kier molecular flexibility index (Phi) is 5.92. The van der Waals surface area contributed by atoms with Crippen molar-refractivity contribution in [1.29, 1.82) is 0 Å². The summed E-state index contributed by atoms with van der Waals surface area (Å²) in [6, 6.07) is 13.2. The number of sulfonamides is 1. The molecule has 1 atom stereocenters. The van der Waals surface area contributed by atoms with Crippen LogP contribution in [0.25, 0.3) is 0 Å². The highest BCUT2D eigenvalue weighted by molar-refractivity contribution is 7.92. The predicted molar refractivity (Wildman–Crippen MR) is 113 cm³/mol. The van der Waals surface area contributed by atoms with Crippen LogP contribution in [0, 0.1) is 6.92 Å². The van der Waals surface area contributed by atoms with Gasteiger partial charge >= 0.3 is 0 Å². The van der Waals surface area contributed by atoms with Crippen molar-refractivity contribution in [2.24, 2.45) is 0 Å². The molecular formula is C22H28N2O4S. The van der Waals surface area contributed by atoms with Crippen molar-refractivity contribution in [2.75, 3.05) is 31.1 Å². The molecule has 6 nitrogen and oxygen atoms in total. The largest absolute Gasteiger partial charge is 0.353 e. The maximum Gasteiger partial charge on any atom is 0.264 e. The van der Waals surface area contributed by atoms with Gasteiger partial charge in [-0.25, -0.2) is 8.42 Å². The van der Waals surface area contributed by atoms with Crippen molar-refractivity contribution in [3.8, 4) is 0 Å². The minimum Gasteiger partial charge on any atom is -0.353 e.